The van der Waals surface area contributed by atoms with Gasteiger partial charge in [0.05, 0.1) is 0 Å². The van der Waals surface area contributed by atoms with Crippen LogP contribution in [0.15, 0.2) is 27.8 Å². The molecule has 2 rings (SSSR count). The van der Waals surface area contributed by atoms with E-state index >= 15 is 0 Å². The van der Waals surface area contributed by atoms with Gasteiger partial charge in [0.1, 0.15) is 5.60 Å². The van der Waals surface area contributed by atoms with Gasteiger partial charge in [-0.3, -0.25) is 0 Å². The molecule has 6 nitrogen and oxygen atoms in total. The SMILES string of the molecule is CC(C)(C)OC(=O)NCCCCCc1nnc(SCc2ccc(Cl)cc2Cl)o1. The molecule has 2 aromatic rings. The maximum absolute atomic E-state index is 11.5. The molecular formula is C19H25Cl2N3O3S. The van der Waals surface area contributed by atoms with Crippen molar-refractivity contribution < 1.29 is 13.9 Å². The number of amides is 1. The number of unbranched alkanes of at least 4 members (excludes halogenated alkanes) is 2. The number of hydrogen-bond donors (Lipinski definition) is 1. The van der Waals surface area contributed by atoms with Crippen LogP contribution in [0.25, 0.3) is 0 Å². The second kappa shape index (κ2) is 10.9. The summed E-state index contributed by atoms with van der Waals surface area (Å²) in [7, 11) is 0. The lowest BCUT2D eigenvalue weighted by atomic mass is 10.2. The summed E-state index contributed by atoms with van der Waals surface area (Å²) in [5.74, 6) is 1.25. The second-order valence-electron chi connectivity index (χ2n) is 7.23. The van der Waals surface area contributed by atoms with Crippen LogP contribution in [0.2, 0.25) is 10.0 Å². The van der Waals surface area contributed by atoms with Crippen LogP contribution in [0.1, 0.15) is 51.5 Å². The van der Waals surface area contributed by atoms with Gasteiger partial charge in [-0.25, -0.2) is 4.79 Å². The van der Waals surface area contributed by atoms with Gasteiger partial charge in [-0.15, -0.1) is 10.2 Å². The maximum atomic E-state index is 11.5. The molecule has 0 fully saturated rings. The standard InChI is InChI=1S/C19H25Cl2N3O3S/c1-19(2,3)27-17(25)22-10-6-4-5-7-16-23-24-18(26-16)28-12-13-8-9-14(20)11-15(13)21/h8-9,11H,4-7,10,12H2,1-3H3,(H,22,25). The van der Waals surface area contributed by atoms with Crippen LogP contribution in [-0.2, 0) is 16.9 Å². The molecule has 0 aliphatic carbocycles. The molecule has 28 heavy (non-hydrogen) atoms. The average molecular weight is 446 g/mol. The summed E-state index contributed by atoms with van der Waals surface area (Å²) in [6, 6.07) is 5.41. The van der Waals surface area contributed by atoms with E-state index in [0.29, 0.717) is 39.9 Å². The van der Waals surface area contributed by atoms with Gasteiger partial charge in [-0.05, 0) is 51.3 Å². The van der Waals surface area contributed by atoms with Crippen molar-refractivity contribution in [2.75, 3.05) is 6.54 Å². The molecule has 0 bridgehead atoms. The van der Waals surface area contributed by atoms with Crippen LogP contribution in [0.4, 0.5) is 4.79 Å². The monoisotopic (exact) mass is 445 g/mol. The number of carbonyl (C=O) groups is 1. The summed E-state index contributed by atoms with van der Waals surface area (Å²) in [6.45, 7) is 6.11. The van der Waals surface area contributed by atoms with Crippen LogP contribution in [-0.4, -0.2) is 28.4 Å². The molecule has 1 N–H and O–H groups in total. The molecule has 1 aromatic carbocycles. The van der Waals surface area contributed by atoms with Gasteiger partial charge in [0.15, 0.2) is 0 Å². The van der Waals surface area contributed by atoms with Crippen molar-refractivity contribution in [3.63, 3.8) is 0 Å². The topological polar surface area (TPSA) is 77.2 Å². The molecule has 0 spiro atoms. The fourth-order valence-corrected chi connectivity index (χ4v) is 3.60. The Hall–Kier alpha value is -1.44. The second-order valence-corrected chi connectivity index (χ2v) is 9.00. The largest absolute Gasteiger partial charge is 0.444 e. The zero-order chi connectivity index (χ0) is 20.6. The summed E-state index contributed by atoms with van der Waals surface area (Å²) >= 11 is 13.5. The van der Waals surface area contributed by atoms with E-state index in [0.717, 1.165) is 24.8 Å². The number of ether oxygens (including phenoxy) is 1. The van der Waals surface area contributed by atoms with Gasteiger partial charge in [-0.2, -0.15) is 0 Å². The van der Waals surface area contributed by atoms with Gasteiger partial charge in [0, 0.05) is 28.8 Å². The molecule has 0 saturated heterocycles. The van der Waals surface area contributed by atoms with Crippen molar-refractivity contribution in [2.24, 2.45) is 0 Å². The summed E-state index contributed by atoms with van der Waals surface area (Å²) in [5, 5.41) is 12.6. The third-order valence-electron chi connectivity index (χ3n) is 3.55. The quantitative estimate of drug-likeness (QED) is 0.381. The molecule has 1 amide bonds. The van der Waals surface area contributed by atoms with E-state index in [9.17, 15) is 4.79 Å². The lowest BCUT2D eigenvalue weighted by molar-refractivity contribution is 0.0527. The van der Waals surface area contributed by atoms with E-state index in [1.165, 1.54) is 11.8 Å². The molecule has 154 valence electrons. The van der Waals surface area contributed by atoms with Gasteiger partial charge < -0.3 is 14.5 Å². The first-order valence-corrected chi connectivity index (χ1v) is 10.8. The third-order valence-corrected chi connectivity index (χ3v) is 5.00. The Morgan fingerprint density at radius 3 is 2.71 bits per heavy atom. The number of alkyl carbamates (subject to hydrolysis) is 1. The van der Waals surface area contributed by atoms with Crippen molar-refractivity contribution in [2.45, 2.75) is 63.0 Å². The van der Waals surface area contributed by atoms with Crippen LogP contribution in [0, 0.1) is 0 Å². The normalized spacial score (nSPS) is 11.5. The molecule has 0 unspecified atom stereocenters. The van der Waals surface area contributed by atoms with Crippen molar-refractivity contribution in [1.82, 2.24) is 15.5 Å². The highest BCUT2D eigenvalue weighted by Crippen LogP contribution is 2.28. The van der Waals surface area contributed by atoms with E-state index in [-0.39, 0.29) is 6.09 Å². The number of hydrogen-bond acceptors (Lipinski definition) is 6. The number of aromatic nitrogens is 2. The van der Waals surface area contributed by atoms with Crippen molar-refractivity contribution >= 4 is 41.1 Å². The highest BCUT2D eigenvalue weighted by atomic mass is 35.5. The minimum absolute atomic E-state index is 0.383. The minimum atomic E-state index is -0.476. The number of nitrogens with zero attached hydrogens (tertiary/aromatic N) is 2. The average Bonchev–Trinajstić information content (AvgIpc) is 3.03. The zero-order valence-corrected chi connectivity index (χ0v) is 18.6. The third kappa shape index (κ3) is 8.71. The molecule has 1 aromatic heterocycles. The minimum Gasteiger partial charge on any atom is -0.444 e. The summed E-state index contributed by atoms with van der Waals surface area (Å²) in [4.78, 5) is 11.5. The molecule has 0 aliphatic heterocycles. The number of benzene rings is 1. The molecule has 0 aliphatic rings. The van der Waals surface area contributed by atoms with Crippen LogP contribution in [0.5, 0.6) is 0 Å². The fraction of sp³-hybridized carbons (Fsp3) is 0.526. The van der Waals surface area contributed by atoms with E-state index < -0.39 is 5.60 Å². The number of carbonyl (C=O) groups excluding carboxylic acids is 1. The molecule has 0 saturated carbocycles. The van der Waals surface area contributed by atoms with E-state index in [4.69, 9.17) is 32.4 Å². The summed E-state index contributed by atoms with van der Waals surface area (Å²) in [5.41, 5.74) is 0.490. The molecule has 1 heterocycles. The molecule has 9 heteroatoms. The number of halogens is 2. The van der Waals surface area contributed by atoms with Crippen molar-refractivity contribution in [3.8, 4) is 0 Å². The van der Waals surface area contributed by atoms with E-state index in [2.05, 4.69) is 15.5 Å². The number of rotatable bonds is 9. The smallest absolute Gasteiger partial charge is 0.407 e. The first-order chi connectivity index (χ1) is 13.2. The fourth-order valence-electron chi connectivity index (χ4n) is 2.26. The molecule has 0 radical (unpaired) electrons. The van der Waals surface area contributed by atoms with Crippen LogP contribution < -0.4 is 5.32 Å². The lowest BCUT2D eigenvalue weighted by Gasteiger charge is -2.19. The highest BCUT2D eigenvalue weighted by Gasteiger charge is 2.15. The highest BCUT2D eigenvalue weighted by molar-refractivity contribution is 7.98. The number of thioether (sulfide) groups is 1. The first-order valence-electron chi connectivity index (χ1n) is 9.09. The Morgan fingerprint density at radius 2 is 2.00 bits per heavy atom. The van der Waals surface area contributed by atoms with Crippen molar-refractivity contribution in [3.05, 3.63) is 39.7 Å². The van der Waals surface area contributed by atoms with Gasteiger partial charge in [0.25, 0.3) is 5.22 Å². The summed E-state index contributed by atoms with van der Waals surface area (Å²) in [6.07, 6.45) is 3.05. The van der Waals surface area contributed by atoms with Gasteiger partial charge in [-0.1, -0.05) is 47.5 Å². The maximum Gasteiger partial charge on any atom is 0.407 e. The summed E-state index contributed by atoms with van der Waals surface area (Å²) < 4.78 is 10.8. The van der Waals surface area contributed by atoms with Crippen LogP contribution >= 0.6 is 35.0 Å². The van der Waals surface area contributed by atoms with E-state index in [1.54, 1.807) is 12.1 Å². The van der Waals surface area contributed by atoms with Crippen molar-refractivity contribution in [1.29, 1.82) is 0 Å². The lowest BCUT2D eigenvalue weighted by Crippen LogP contribution is -2.32. The zero-order valence-electron chi connectivity index (χ0n) is 16.3. The Balaban J connectivity index is 1.62. The van der Waals surface area contributed by atoms with Gasteiger partial charge in [0.2, 0.25) is 5.89 Å². The van der Waals surface area contributed by atoms with Gasteiger partial charge >= 0.3 is 6.09 Å². The number of aryl methyl sites for hydroxylation is 1. The first kappa shape index (κ1) is 22.8. The molecular weight excluding hydrogens is 421 g/mol. The van der Waals surface area contributed by atoms with Crippen LogP contribution in [0.3, 0.4) is 0 Å². The predicted molar refractivity (Wildman–Crippen MR) is 112 cm³/mol. The molecule has 0 atom stereocenters. The number of nitrogens with one attached hydrogen (secondary N) is 1. The predicted octanol–water partition coefficient (Wildman–Crippen LogP) is 5.91. The van der Waals surface area contributed by atoms with E-state index in [1.807, 2.05) is 26.8 Å². The Labute approximate surface area is 179 Å². The Bertz CT molecular complexity index is 778. The Kier molecular flexibility index (Phi) is 8.92. The Morgan fingerprint density at radius 1 is 1.21 bits per heavy atom.